The molecule has 2 aromatic carbocycles. The van der Waals surface area contributed by atoms with Crippen molar-refractivity contribution >= 4 is 28.5 Å². The molecule has 0 aliphatic heterocycles. The number of aromatic amines is 1. The maximum absolute atomic E-state index is 12.5. The number of aromatic nitrogens is 1. The van der Waals surface area contributed by atoms with E-state index in [0.717, 1.165) is 22.2 Å². The third kappa shape index (κ3) is 4.18. The first-order chi connectivity index (χ1) is 13.8. The summed E-state index contributed by atoms with van der Waals surface area (Å²) in [5, 5.41) is 3.67. The molecule has 3 aromatic rings. The Hall–Kier alpha value is -3.48. The van der Waals surface area contributed by atoms with E-state index >= 15 is 0 Å². The Morgan fingerprint density at radius 3 is 2.41 bits per heavy atom. The van der Waals surface area contributed by atoms with Gasteiger partial charge in [0.1, 0.15) is 0 Å². The molecule has 3 rings (SSSR count). The van der Waals surface area contributed by atoms with Crippen LogP contribution in [0.1, 0.15) is 28.5 Å². The fourth-order valence-corrected chi connectivity index (χ4v) is 3.03. The van der Waals surface area contributed by atoms with Crippen LogP contribution >= 0.6 is 0 Å². The normalized spacial score (nSPS) is 11.8. The summed E-state index contributed by atoms with van der Waals surface area (Å²) in [5.74, 6) is 0.0384. The average Bonchev–Trinajstić information content (AvgIpc) is 3.00. The van der Waals surface area contributed by atoms with Crippen molar-refractivity contribution in [3.05, 3.63) is 53.2 Å². The van der Waals surface area contributed by atoms with Gasteiger partial charge in [-0.25, -0.2) is 4.79 Å². The number of methoxy groups -OCH3 is 2. The van der Waals surface area contributed by atoms with Crippen molar-refractivity contribution in [2.24, 2.45) is 0 Å². The van der Waals surface area contributed by atoms with Crippen LogP contribution in [0.4, 0.5) is 5.69 Å². The van der Waals surface area contributed by atoms with Gasteiger partial charge >= 0.3 is 5.97 Å². The van der Waals surface area contributed by atoms with Crippen molar-refractivity contribution in [1.82, 2.24) is 4.98 Å². The van der Waals surface area contributed by atoms with Gasteiger partial charge in [-0.3, -0.25) is 4.79 Å². The summed E-state index contributed by atoms with van der Waals surface area (Å²) >= 11 is 0. The molecule has 1 aromatic heterocycles. The molecule has 1 amide bonds. The lowest BCUT2D eigenvalue weighted by Crippen LogP contribution is -2.30. The number of H-pyrrole nitrogens is 1. The lowest BCUT2D eigenvalue weighted by atomic mass is 10.1. The van der Waals surface area contributed by atoms with Gasteiger partial charge in [0.25, 0.3) is 5.91 Å². The Bertz CT molecular complexity index is 1070. The largest absolute Gasteiger partial charge is 0.493 e. The molecule has 29 heavy (non-hydrogen) atoms. The molecule has 0 fully saturated rings. The Labute approximate surface area is 169 Å². The van der Waals surface area contributed by atoms with Crippen molar-refractivity contribution in [3.63, 3.8) is 0 Å². The van der Waals surface area contributed by atoms with Crippen LogP contribution in [0.3, 0.4) is 0 Å². The van der Waals surface area contributed by atoms with E-state index < -0.39 is 18.0 Å². The second-order valence-electron chi connectivity index (χ2n) is 6.74. The lowest BCUT2D eigenvalue weighted by molar-refractivity contribution is -0.123. The second-order valence-corrected chi connectivity index (χ2v) is 6.74. The first-order valence-corrected chi connectivity index (χ1v) is 9.16. The van der Waals surface area contributed by atoms with E-state index in [9.17, 15) is 9.59 Å². The van der Waals surface area contributed by atoms with Crippen LogP contribution in [0.5, 0.6) is 11.5 Å². The minimum Gasteiger partial charge on any atom is -0.493 e. The Morgan fingerprint density at radius 1 is 1.00 bits per heavy atom. The number of anilines is 1. The number of ether oxygens (including phenoxy) is 3. The van der Waals surface area contributed by atoms with Crippen LogP contribution in [0.2, 0.25) is 0 Å². The summed E-state index contributed by atoms with van der Waals surface area (Å²) in [5.41, 5.74) is 3.98. The zero-order chi connectivity index (χ0) is 21.1. The molecular weight excluding hydrogens is 372 g/mol. The van der Waals surface area contributed by atoms with Crippen LogP contribution in [0.15, 0.2) is 36.4 Å². The van der Waals surface area contributed by atoms with Crippen LogP contribution in [0, 0.1) is 13.8 Å². The molecule has 0 spiro atoms. The molecule has 0 saturated carbocycles. The van der Waals surface area contributed by atoms with E-state index in [4.69, 9.17) is 14.2 Å². The van der Waals surface area contributed by atoms with Crippen molar-refractivity contribution in [3.8, 4) is 11.5 Å². The van der Waals surface area contributed by atoms with Crippen LogP contribution in [-0.2, 0) is 9.53 Å². The number of nitrogens with one attached hydrogen (secondary N) is 2. The summed E-state index contributed by atoms with van der Waals surface area (Å²) < 4.78 is 15.8. The quantitative estimate of drug-likeness (QED) is 0.615. The molecule has 1 atom stereocenters. The predicted octanol–water partition coefficient (Wildman–Crippen LogP) is 3.99. The molecule has 0 bridgehead atoms. The molecule has 1 unspecified atom stereocenters. The molecule has 0 radical (unpaired) electrons. The minimum atomic E-state index is -0.972. The van der Waals surface area contributed by atoms with Crippen LogP contribution < -0.4 is 14.8 Å². The molecule has 0 aliphatic rings. The zero-order valence-corrected chi connectivity index (χ0v) is 17.1. The number of aryl methyl sites for hydroxylation is 2. The zero-order valence-electron chi connectivity index (χ0n) is 17.1. The summed E-state index contributed by atoms with van der Waals surface area (Å²) in [4.78, 5) is 28.2. The van der Waals surface area contributed by atoms with E-state index in [1.165, 1.54) is 21.1 Å². The Morgan fingerprint density at radius 2 is 1.72 bits per heavy atom. The van der Waals surface area contributed by atoms with E-state index in [-0.39, 0.29) is 0 Å². The summed E-state index contributed by atoms with van der Waals surface area (Å²) in [6, 6.07) is 10.3. The fourth-order valence-electron chi connectivity index (χ4n) is 3.03. The Kier molecular flexibility index (Phi) is 5.77. The van der Waals surface area contributed by atoms with E-state index in [1.54, 1.807) is 30.3 Å². The van der Waals surface area contributed by atoms with Crippen molar-refractivity contribution in [2.45, 2.75) is 26.9 Å². The lowest BCUT2D eigenvalue weighted by Gasteiger charge is -2.15. The van der Waals surface area contributed by atoms with Gasteiger partial charge in [0, 0.05) is 28.4 Å². The van der Waals surface area contributed by atoms with Gasteiger partial charge in [0.15, 0.2) is 17.6 Å². The van der Waals surface area contributed by atoms with Gasteiger partial charge < -0.3 is 24.5 Å². The van der Waals surface area contributed by atoms with Crippen LogP contribution in [-0.4, -0.2) is 37.2 Å². The first-order valence-electron chi connectivity index (χ1n) is 9.16. The fraction of sp³-hybridized carbons (Fsp3) is 0.273. The topological polar surface area (TPSA) is 89.6 Å². The molecule has 7 nitrogen and oxygen atoms in total. The average molecular weight is 396 g/mol. The van der Waals surface area contributed by atoms with Crippen molar-refractivity contribution in [2.75, 3.05) is 19.5 Å². The van der Waals surface area contributed by atoms with Gasteiger partial charge in [-0.05, 0) is 56.7 Å². The SMILES string of the molecule is COc1ccc(NC(=O)C(C)OC(=O)c2ccc3[nH]c(C)c(C)c3c2)cc1OC. The highest BCUT2D eigenvalue weighted by atomic mass is 16.5. The third-order valence-corrected chi connectivity index (χ3v) is 4.85. The van der Waals surface area contributed by atoms with Gasteiger partial charge in [0.05, 0.1) is 19.8 Å². The van der Waals surface area contributed by atoms with Crippen molar-refractivity contribution in [1.29, 1.82) is 0 Å². The molecule has 2 N–H and O–H groups in total. The van der Waals surface area contributed by atoms with E-state index in [2.05, 4.69) is 10.3 Å². The van der Waals surface area contributed by atoms with Gasteiger partial charge in [-0.2, -0.15) is 0 Å². The summed E-state index contributed by atoms with van der Waals surface area (Å²) in [6.07, 6.45) is -0.972. The molecule has 1 heterocycles. The number of carbonyl (C=O) groups excluding carboxylic acids is 2. The van der Waals surface area contributed by atoms with Crippen LogP contribution in [0.25, 0.3) is 10.9 Å². The molecule has 0 saturated heterocycles. The maximum atomic E-state index is 12.5. The van der Waals surface area contributed by atoms with Gasteiger partial charge in [-0.1, -0.05) is 0 Å². The number of esters is 1. The number of fused-ring (bicyclic) bond motifs is 1. The Balaban J connectivity index is 1.69. The molecule has 152 valence electrons. The smallest absolute Gasteiger partial charge is 0.338 e. The summed E-state index contributed by atoms with van der Waals surface area (Å²) in [6.45, 7) is 5.49. The number of hydrogen-bond acceptors (Lipinski definition) is 5. The van der Waals surface area contributed by atoms with E-state index in [1.807, 2.05) is 19.9 Å². The van der Waals surface area contributed by atoms with Crippen molar-refractivity contribution < 1.29 is 23.8 Å². The highest BCUT2D eigenvalue weighted by Crippen LogP contribution is 2.30. The highest BCUT2D eigenvalue weighted by molar-refractivity contribution is 5.99. The molecule has 7 heteroatoms. The van der Waals surface area contributed by atoms with Gasteiger partial charge in [-0.15, -0.1) is 0 Å². The highest BCUT2D eigenvalue weighted by Gasteiger charge is 2.20. The number of carbonyl (C=O) groups is 2. The number of rotatable bonds is 6. The number of amides is 1. The molecule has 0 aliphatic carbocycles. The first kappa shape index (κ1) is 20.3. The maximum Gasteiger partial charge on any atom is 0.338 e. The summed E-state index contributed by atoms with van der Waals surface area (Å²) in [7, 11) is 3.05. The van der Waals surface area contributed by atoms with E-state index in [0.29, 0.717) is 22.7 Å². The second kappa shape index (κ2) is 8.26. The minimum absolute atomic E-state index is 0.394. The molecular formula is C22H24N2O5. The third-order valence-electron chi connectivity index (χ3n) is 4.85. The standard InChI is InChI=1S/C22H24N2O5/c1-12-13(2)23-18-8-6-15(10-17(12)18)22(26)29-14(3)21(25)24-16-7-9-19(27-4)20(11-16)28-5/h6-11,14,23H,1-5H3,(H,24,25). The predicted molar refractivity (Wildman–Crippen MR) is 111 cm³/mol. The van der Waals surface area contributed by atoms with Gasteiger partial charge in [0.2, 0.25) is 0 Å². The number of benzene rings is 2. The number of hydrogen-bond donors (Lipinski definition) is 2. The monoisotopic (exact) mass is 396 g/mol.